The molecule has 1 fully saturated rings. The summed E-state index contributed by atoms with van der Waals surface area (Å²) in [6.45, 7) is 1.76. The molecule has 0 spiro atoms. The molecular formula is C15H17BrN2O2. The first-order valence-corrected chi connectivity index (χ1v) is 7.81. The topological polar surface area (TPSA) is 41.9 Å². The molecule has 2 aliphatic rings. The summed E-state index contributed by atoms with van der Waals surface area (Å²) in [4.78, 5) is 19.6. The molecule has 1 aromatic carbocycles. The van der Waals surface area contributed by atoms with Gasteiger partial charge in [-0.3, -0.25) is 4.79 Å². The lowest BCUT2D eigenvalue weighted by Crippen LogP contribution is -2.35. The van der Waals surface area contributed by atoms with Crippen LogP contribution in [0.5, 0.6) is 0 Å². The number of hydrogen-bond donors (Lipinski definition) is 0. The van der Waals surface area contributed by atoms with Gasteiger partial charge in [-0.15, -0.1) is 0 Å². The van der Waals surface area contributed by atoms with Crippen molar-refractivity contribution >= 4 is 26.5 Å². The van der Waals surface area contributed by atoms with E-state index in [0.717, 1.165) is 48.1 Å². The summed E-state index contributed by atoms with van der Waals surface area (Å²) in [6.07, 6.45) is 4.18. The number of nitrogens with zero attached hydrogens (tertiary/aromatic N) is 2. The standard InChI is InChI=1S/C15H17BrN2O2/c16-14-10-13(20-17-14)11-4-6-12(7-5-11)15(19)18-8-2-1-3-9-18/h4-7,13H,1-3,8-10H2/t13-/m0/s1. The molecule has 2 heterocycles. The molecule has 0 N–H and O–H groups in total. The van der Waals surface area contributed by atoms with Crippen LogP contribution in [-0.4, -0.2) is 28.5 Å². The van der Waals surface area contributed by atoms with Gasteiger partial charge in [0.15, 0.2) is 6.10 Å². The lowest BCUT2D eigenvalue weighted by Gasteiger charge is -2.26. The third-order valence-corrected chi connectivity index (χ3v) is 4.27. The summed E-state index contributed by atoms with van der Waals surface area (Å²) in [5.74, 6) is 0.140. The van der Waals surface area contributed by atoms with Crippen molar-refractivity contribution in [2.24, 2.45) is 5.16 Å². The minimum absolute atomic E-state index is 0.0384. The van der Waals surface area contributed by atoms with Crippen LogP contribution in [0.4, 0.5) is 0 Å². The molecule has 0 aromatic heterocycles. The van der Waals surface area contributed by atoms with Crippen LogP contribution in [0.15, 0.2) is 29.4 Å². The minimum Gasteiger partial charge on any atom is -0.386 e. The largest absolute Gasteiger partial charge is 0.386 e. The average molecular weight is 337 g/mol. The van der Waals surface area contributed by atoms with Crippen molar-refractivity contribution in [3.63, 3.8) is 0 Å². The van der Waals surface area contributed by atoms with Crippen molar-refractivity contribution in [2.75, 3.05) is 13.1 Å². The fourth-order valence-corrected chi connectivity index (χ4v) is 3.02. The number of carbonyl (C=O) groups excluding carboxylic acids is 1. The molecule has 0 aliphatic carbocycles. The summed E-state index contributed by atoms with van der Waals surface area (Å²) >= 11 is 3.33. The van der Waals surface area contributed by atoms with Gasteiger partial charge in [0.2, 0.25) is 0 Å². The van der Waals surface area contributed by atoms with Gasteiger partial charge in [-0.2, -0.15) is 0 Å². The predicted octanol–water partition coefficient (Wildman–Crippen LogP) is 3.48. The maximum Gasteiger partial charge on any atom is 0.253 e. The summed E-state index contributed by atoms with van der Waals surface area (Å²) < 4.78 is 0.830. The van der Waals surface area contributed by atoms with Crippen LogP contribution < -0.4 is 0 Å². The molecule has 1 amide bonds. The van der Waals surface area contributed by atoms with Crippen LogP contribution in [0, 0.1) is 0 Å². The zero-order chi connectivity index (χ0) is 13.9. The molecule has 0 saturated carbocycles. The molecule has 20 heavy (non-hydrogen) atoms. The Hall–Kier alpha value is -1.36. The van der Waals surface area contributed by atoms with Gasteiger partial charge in [-0.25, -0.2) is 0 Å². The maximum absolute atomic E-state index is 12.3. The molecule has 3 rings (SSSR count). The summed E-state index contributed by atoms with van der Waals surface area (Å²) in [5.41, 5.74) is 1.81. The molecule has 0 unspecified atom stereocenters. The summed E-state index contributed by atoms with van der Waals surface area (Å²) in [6, 6.07) is 7.70. The molecule has 0 radical (unpaired) electrons. The van der Waals surface area contributed by atoms with Gasteiger partial charge in [-0.05, 0) is 52.9 Å². The lowest BCUT2D eigenvalue weighted by atomic mass is 10.0. The van der Waals surface area contributed by atoms with Gasteiger partial charge < -0.3 is 9.74 Å². The quantitative estimate of drug-likeness (QED) is 0.829. The number of benzene rings is 1. The van der Waals surface area contributed by atoms with Crippen molar-refractivity contribution in [3.05, 3.63) is 35.4 Å². The highest BCUT2D eigenvalue weighted by atomic mass is 79.9. The Morgan fingerprint density at radius 1 is 1.20 bits per heavy atom. The Labute approximate surface area is 126 Å². The molecule has 1 saturated heterocycles. The normalized spacial score (nSPS) is 22.4. The van der Waals surface area contributed by atoms with Gasteiger partial charge in [0.05, 0.1) is 0 Å². The van der Waals surface area contributed by atoms with Gasteiger partial charge in [0, 0.05) is 25.1 Å². The maximum atomic E-state index is 12.3. The fourth-order valence-electron chi connectivity index (χ4n) is 2.65. The van der Waals surface area contributed by atoms with Crippen LogP contribution in [0.1, 0.15) is 47.7 Å². The van der Waals surface area contributed by atoms with E-state index in [-0.39, 0.29) is 12.0 Å². The number of likely N-dealkylation sites (tertiary alicyclic amines) is 1. The molecule has 0 bridgehead atoms. The Kier molecular flexibility index (Phi) is 4.05. The van der Waals surface area contributed by atoms with Crippen molar-refractivity contribution in [1.82, 2.24) is 4.90 Å². The smallest absolute Gasteiger partial charge is 0.253 e. The molecule has 106 valence electrons. The van der Waals surface area contributed by atoms with E-state index in [4.69, 9.17) is 4.84 Å². The SMILES string of the molecule is O=C(c1ccc([C@@H]2CC(Br)=NO2)cc1)N1CCCCC1. The van der Waals surface area contributed by atoms with Crippen LogP contribution in [0.3, 0.4) is 0 Å². The third-order valence-electron chi connectivity index (χ3n) is 3.81. The lowest BCUT2D eigenvalue weighted by molar-refractivity contribution is 0.0723. The predicted molar refractivity (Wildman–Crippen MR) is 81.0 cm³/mol. The number of rotatable bonds is 2. The van der Waals surface area contributed by atoms with Gasteiger partial charge >= 0.3 is 0 Å². The molecule has 1 aromatic rings. The number of halogens is 1. The second-order valence-electron chi connectivity index (χ2n) is 5.24. The van der Waals surface area contributed by atoms with E-state index in [2.05, 4.69) is 21.1 Å². The van der Waals surface area contributed by atoms with E-state index in [9.17, 15) is 4.79 Å². The Bertz CT molecular complexity index is 521. The van der Waals surface area contributed by atoms with Gasteiger partial charge in [0.25, 0.3) is 5.91 Å². The van der Waals surface area contributed by atoms with E-state index in [1.54, 1.807) is 0 Å². The second kappa shape index (κ2) is 5.95. The number of oxime groups is 1. The highest BCUT2D eigenvalue weighted by molar-refractivity contribution is 9.18. The van der Waals surface area contributed by atoms with E-state index >= 15 is 0 Å². The minimum atomic E-state index is -0.0384. The molecular weight excluding hydrogens is 320 g/mol. The van der Waals surface area contributed by atoms with Crippen LogP contribution >= 0.6 is 15.9 Å². The number of hydrogen-bond acceptors (Lipinski definition) is 3. The molecule has 1 atom stereocenters. The first kappa shape index (κ1) is 13.6. The summed E-state index contributed by atoms with van der Waals surface area (Å²) in [7, 11) is 0. The van der Waals surface area contributed by atoms with Crippen molar-refractivity contribution < 1.29 is 9.63 Å². The third kappa shape index (κ3) is 2.87. The zero-order valence-electron chi connectivity index (χ0n) is 11.2. The highest BCUT2D eigenvalue weighted by Crippen LogP contribution is 2.29. The highest BCUT2D eigenvalue weighted by Gasteiger charge is 2.22. The average Bonchev–Trinajstić information content (AvgIpc) is 2.94. The van der Waals surface area contributed by atoms with Crippen LogP contribution in [0.2, 0.25) is 0 Å². The Morgan fingerprint density at radius 3 is 2.50 bits per heavy atom. The van der Waals surface area contributed by atoms with Crippen molar-refractivity contribution in [1.29, 1.82) is 0 Å². The van der Waals surface area contributed by atoms with E-state index in [1.807, 2.05) is 29.2 Å². The fraction of sp³-hybridized carbons (Fsp3) is 0.467. The van der Waals surface area contributed by atoms with E-state index in [1.165, 1.54) is 6.42 Å². The zero-order valence-corrected chi connectivity index (χ0v) is 12.8. The number of amides is 1. The van der Waals surface area contributed by atoms with Gasteiger partial charge in [-0.1, -0.05) is 17.3 Å². The summed E-state index contributed by atoms with van der Waals surface area (Å²) in [5, 5.41) is 3.88. The second-order valence-corrected chi connectivity index (χ2v) is 6.16. The molecule has 4 nitrogen and oxygen atoms in total. The Morgan fingerprint density at radius 2 is 1.90 bits per heavy atom. The molecule has 5 heteroatoms. The number of carbonyl (C=O) groups is 1. The van der Waals surface area contributed by atoms with Gasteiger partial charge in [0.1, 0.15) is 4.62 Å². The van der Waals surface area contributed by atoms with Crippen LogP contribution in [-0.2, 0) is 4.84 Å². The first-order valence-electron chi connectivity index (χ1n) is 7.01. The number of piperidine rings is 1. The molecule has 2 aliphatic heterocycles. The Balaban J connectivity index is 1.68. The van der Waals surface area contributed by atoms with Crippen molar-refractivity contribution in [3.8, 4) is 0 Å². The first-order chi connectivity index (χ1) is 9.74. The van der Waals surface area contributed by atoms with E-state index < -0.39 is 0 Å². The van der Waals surface area contributed by atoms with Crippen molar-refractivity contribution in [2.45, 2.75) is 31.8 Å². The van der Waals surface area contributed by atoms with E-state index in [0.29, 0.717) is 0 Å². The monoisotopic (exact) mass is 336 g/mol. The van der Waals surface area contributed by atoms with Crippen LogP contribution in [0.25, 0.3) is 0 Å².